The monoisotopic (exact) mass is 297 g/mol. The van der Waals surface area contributed by atoms with Gasteiger partial charge in [0.25, 0.3) is 0 Å². The van der Waals surface area contributed by atoms with Crippen LogP contribution < -0.4 is 15.8 Å². The molecule has 112 valence electrons. The normalized spacial score (nSPS) is 17.7. The molecule has 1 saturated heterocycles. The summed E-state index contributed by atoms with van der Waals surface area (Å²) in [5, 5.41) is 5.19. The van der Waals surface area contributed by atoms with E-state index >= 15 is 0 Å². The Bertz CT molecular complexity index is 576. The zero-order chi connectivity index (χ0) is 14.9. The molecule has 1 aliphatic heterocycles. The number of nitrogens with zero attached hydrogens (tertiary/aromatic N) is 1. The second-order valence-electron chi connectivity index (χ2n) is 5.80. The first-order valence-corrected chi connectivity index (χ1v) is 8.51. The molecule has 0 unspecified atom stereocenters. The molecule has 0 aliphatic carbocycles. The average molecular weight is 297 g/mol. The Balaban J connectivity index is 2.23. The Hall–Kier alpha value is -1.27. The fourth-order valence-corrected chi connectivity index (χ4v) is 3.54. The van der Waals surface area contributed by atoms with E-state index in [-0.39, 0.29) is 10.6 Å². The molecule has 2 rings (SSSR count). The maximum absolute atomic E-state index is 11.5. The van der Waals surface area contributed by atoms with Gasteiger partial charge >= 0.3 is 0 Å². The summed E-state index contributed by atoms with van der Waals surface area (Å²) in [4.78, 5) is 2.17. The Labute approximate surface area is 121 Å². The number of anilines is 2. The van der Waals surface area contributed by atoms with Gasteiger partial charge in [0.15, 0.2) is 0 Å². The van der Waals surface area contributed by atoms with Gasteiger partial charge < -0.3 is 10.6 Å². The van der Waals surface area contributed by atoms with Crippen molar-refractivity contribution in [2.75, 3.05) is 23.7 Å². The second-order valence-corrected chi connectivity index (χ2v) is 7.33. The predicted molar refractivity (Wildman–Crippen MR) is 82.0 cm³/mol. The van der Waals surface area contributed by atoms with Gasteiger partial charge in [0.05, 0.1) is 11.4 Å². The van der Waals surface area contributed by atoms with Gasteiger partial charge in [-0.05, 0) is 36.8 Å². The lowest BCUT2D eigenvalue weighted by atomic mass is 9.86. The number of para-hydroxylation sites is 1. The first-order chi connectivity index (χ1) is 9.30. The van der Waals surface area contributed by atoms with Crippen LogP contribution in [0.5, 0.6) is 0 Å². The number of piperidine rings is 1. The van der Waals surface area contributed by atoms with Crippen LogP contribution in [-0.4, -0.2) is 21.5 Å². The smallest absolute Gasteiger partial charge is 0.240 e. The van der Waals surface area contributed by atoms with Crippen LogP contribution in [0.15, 0.2) is 23.1 Å². The van der Waals surface area contributed by atoms with E-state index in [4.69, 9.17) is 10.9 Å². The Kier molecular flexibility index (Phi) is 4.25. The molecule has 1 aliphatic rings. The van der Waals surface area contributed by atoms with Gasteiger partial charge in [-0.15, -0.1) is 0 Å². The lowest BCUT2D eigenvalue weighted by molar-refractivity contribution is 0.311. The molecule has 0 bridgehead atoms. The second kappa shape index (κ2) is 5.61. The van der Waals surface area contributed by atoms with Crippen molar-refractivity contribution in [3.05, 3.63) is 18.2 Å². The van der Waals surface area contributed by atoms with Crippen LogP contribution in [0.25, 0.3) is 0 Å². The molecule has 0 saturated carbocycles. The first kappa shape index (κ1) is 15.1. The van der Waals surface area contributed by atoms with E-state index in [0.29, 0.717) is 5.92 Å². The molecular formula is C14H23N3O2S. The number of benzene rings is 1. The van der Waals surface area contributed by atoms with Crippen LogP contribution in [0.4, 0.5) is 11.4 Å². The lowest BCUT2D eigenvalue weighted by Crippen LogP contribution is -2.35. The van der Waals surface area contributed by atoms with Gasteiger partial charge in [-0.25, -0.2) is 13.6 Å². The van der Waals surface area contributed by atoms with E-state index in [9.17, 15) is 8.42 Å². The molecule has 1 heterocycles. The summed E-state index contributed by atoms with van der Waals surface area (Å²) in [6.07, 6.45) is 2.22. The van der Waals surface area contributed by atoms with Gasteiger partial charge in [-0.3, -0.25) is 0 Å². The summed E-state index contributed by atoms with van der Waals surface area (Å²) in [6.45, 7) is 6.30. The number of hydrogen-bond donors (Lipinski definition) is 2. The van der Waals surface area contributed by atoms with Crippen LogP contribution >= 0.6 is 0 Å². The van der Waals surface area contributed by atoms with Gasteiger partial charge in [0.2, 0.25) is 10.0 Å². The van der Waals surface area contributed by atoms with Crippen LogP contribution in [-0.2, 0) is 10.0 Å². The zero-order valence-corrected chi connectivity index (χ0v) is 12.9. The molecule has 0 spiro atoms. The minimum atomic E-state index is -3.77. The Morgan fingerprint density at radius 3 is 2.35 bits per heavy atom. The van der Waals surface area contributed by atoms with E-state index < -0.39 is 10.0 Å². The van der Waals surface area contributed by atoms with Crippen molar-refractivity contribution >= 4 is 21.4 Å². The number of sulfonamides is 1. The SMILES string of the molecule is CC(C)C1CCN(c2cccc(S(N)(=O)=O)c2N)CC1. The molecule has 1 aromatic carbocycles. The molecule has 0 radical (unpaired) electrons. The first-order valence-electron chi connectivity index (χ1n) is 6.97. The molecule has 4 N–H and O–H groups in total. The lowest BCUT2D eigenvalue weighted by Gasteiger charge is -2.36. The van der Waals surface area contributed by atoms with Crippen molar-refractivity contribution < 1.29 is 8.42 Å². The number of hydrogen-bond acceptors (Lipinski definition) is 4. The third-order valence-electron chi connectivity index (χ3n) is 4.17. The highest BCUT2D eigenvalue weighted by Gasteiger charge is 2.24. The highest BCUT2D eigenvalue weighted by atomic mass is 32.2. The number of rotatable bonds is 3. The van der Waals surface area contributed by atoms with Crippen molar-refractivity contribution in [1.82, 2.24) is 0 Å². The third kappa shape index (κ3) is 3.07. The summed E-state index contributed by atoms with van der Waals surface area (Å²) in [5.41, 5.74) is 7.03. The fourth-order valence-electron chi connectivity index (χ4n) is 2.86. The molecule has 1 aromatic rings. The maximum atomic E-state index is 11.5. The maximum Gasteiger partial charge on any atom is 0.240 e. The van der Waals surface area contributed by atoms with Gasteiger partial charge in [0, 0.05) is 13.1 Å². The van der Waals surface area contributed by atoms with E-state index in [2.05, 4.69) is 18.7 Å². The number of nitrogens with two attached hydrogens (primary N) is 2. The number of nitrogen functional groups attached to an aromatic ring is 1. The fraction of sp³-hybridized carbons (Fsp3) is 0.571. The van der Waals surface area contributed by atoms with Crippen molar-refractivity contribution in [1.29, 1.82) is 0 Å². The van der Waals surface area contributed by atoms with E-state index in [1.54, 1.807) is 6.07 Å². The standard InChI is InChI=1S/C14H23N3O2S/c1-10(2)11-6-8-17(9-7-11)12-4-3-5-13(14(12)15)20(16,18)19/h3-5,10-11H,6-9,15H2,1-2H3,(H2,16,18,19). The van der Waals surface area contributed by atoms with Crippen molar-refractivity contribution in [3.8, 4) is 0 Å². The highest BCUT2D eigenvalue weighted by molar-refractivity contribution is 7.89. The average Bonchev–Trinajstić information content (AvgIpc) is 2.37. The van der Waals surface area contributed by atoms with Gasteiger partial charge in [-0.2, -0.15) is 0 Å². The molecule has 6 heteroatoms. The van der Waals surface area contributed by atoms with E-state index in [1.807, 2.05) is 6.07 Å². The van der Waals surface area contributed by atoms with Crippen LogP contribution in [0.1, 0.15) is 26.7 Å². The molecule has 0 atom stereocenters. The van der Waals surface area contributed by atoms with Crippen LogP contribution in [0.3, 0.4) is 0 Å². The topological polar surface area (TPSA) is 89.4 Å². The minimum absolute atomic E-state index is 0.0148. The molecule has 20 heavy (non-hydrogen) atoms. The molecule has 1 fully saturated rings. The third-order valence-corrected chi connectivity index (χ3v) is 5.14. The predicted octanol–water partition coefficient (Wildman–Crippen LogP) is 1.79. The number of primary sulfonamides is 1. The summed E-state index contributed by atoms with van der Waals surface area (Å²) in [6, 6.07) is 5.01. The van der Waals surface area contributed by atoms with E-state index in [0.717, 1.165) is 37.5 Å². The van der Waals surface area contributed by atoms with Gasteiger partial charge in [0.1, 0.15) is 4.90 Å². The highest BCUT2D eigenvalue weighted by Crippen LogP contribution is 2.33. The molecule has 0 amide bonds. The van der Waals surface area contributed by atoms with Crippen LogP contribution in [0.2, 0.25) is 0 Å². The van der Waals surface area contributed by atoms with Crippen molar-refractivity contribution in [2.24, 2.45) is 17.0 Å². The van der Waals surface area contributed by atoms with Gasteiger partial charge in [-0.1, -0.05) is 19.9 Å². The summed E-state index contributed by atoms with van der Waals surface area (Å²) < 4.78 is 23.0. The van der Waals surface area contributed by atoms with Crippen molar-refractivity contribution in [2.45, 2.75) is 31.6 Å². The summed E-state index contributed by atoms with van der Waals surface area (Å²) in [7, 11) is -3.77. The van der Waals surface area contributed by atoms with E-state index in [1.165, 1.54) is 6.07 Å². The minimum Gasteiger partial charge on any atom is -0.396 e. The Morgan fingerprint density at radius 2 is 1.85 bits per heavy atom. The quantitative estimate of drug-likeness (QED) is 0.832. The van der Waals surface area contributed by atoms with Crippen molar-refractivity contribution in [3.63, 3.8) is 0 Å². The molecule has 0 aromatic heterocycles. The van der Waals surface area contributed by atoms with Crippen LogP contribution in [0, 0.1) is 11.8 Å². The summed E-state index contributed by atoms with van der Waals surface area (Å²) in [5.74, 6) is 1.42. The summed E-state index contributed by atoms with van der Waals surface area (Å²) >= 11 is 0. The zero-order valence-electron chi connectivity index (χ0n) is 12.0. The largest absolute Gasteiger partial charge is 0.396 e. The molecular weight excluding hydrogens is 274 g/mol. The molecule has 5 nitrogen and oxygen atoms in total. The Morgan fingerprint density at radius 1 is 1.25 bits per heavy atom.